The average Bonchev–Trinajstić information content (AvgIpc) is 3.10. The van der Waals surface area contributed by atoms with Gasteiger partial charge in [-0.25, -0.2) is 9.07 Å². The lowest BCUT2D eigenvalue weighted by Crippen LogP contribution is -2.34. The summed E-state index contributed by atoms with van der Waals surface area (Å²) >= 11 is 0. The van der Waals surface area contributed by atoms with Crippen LogP contribution in [0.4, 0.5) is 4.39 Å². The summed E-state index contributed by atoms with van der Waals surface area (Å²) in [5, 5.41) is 15.3. The Labute approximate surface area is 158 Å². The van der Waals surface area contributed by atoms with Crippen molar-refractivity contribution in [1.82, 2.24) is 9.78 Å². The van der Waals surface area contributed by atoms with Gasteiger partial charge in [-0.05, 0) is 60.7 Å². The van der Waals surface area contributed by atoms with Crippen molar-refractivity contribution in [2.45, 2.75) is 32.3 Å². The minimum atomic E-state index is -0.434. The molecule has 1 aromatic heterocycles. The fraction of sp³-hybridized carbons (Fsp3) is 0.261. The van der Waals surface area contributed by atoms with E-state index in [1.807, 2.05) is 35.2 Å². The van der Waals surface area contributed by atoms with E-state index in [0.29, 0.717) is 6.42 Å². The van der Waals surface area contributed by atoms with Crippen LogP contribution in [0.15, 0.2) is 66.9 Å². The van der Waals surface area contributed by atoms with E-state index in [9.17, 15) is 9.50 Å². The third-order valence-electron chi connectivity index (χ3n) is 5.46. The van der Waals surface area contributed by atoms with Gasteiger partial charge in [0.15, 0.2) is 0 Å². The van der Waals surface area contributed by atoms with Crippen LogP contribution in [0.25, 0.3) is 11.8 Å². The van der Waals surface area contributed by atoms with Gasteiger partial charge >= 0.3 is 0 Å². The van der Waals surface area contributed by atoms with Gasteiger partial charge in [0.2, 0.25) is 0 Å². The molecular weight excluding hydrogens is 339 g/mol. The monoisotopic (exact) mass is 362 g/mol. The Bertz CT molecular complexity index is 946. The molecule has 2 aromatic carbocycles. The number of nitrogens with zero attached hydrogens (tertiary/aromatic N) is 2. The zero-order chi connectivity index (χ0) is 18.9. The highest BCUT2D eigenvalue weighted by atomic mass is 19.1. The zero-order valence-corrected chi connectivity index (χ0v) is 15.3. The van der Waals surface area contributed by atoms with E-state index in [2.05, 4.69) is 30.2 Å². The lowest BCUT2D eigenvalue weighted by Gasteiger charge is -2.34. The van der Waals surface area contributed by atoms with Gasteiger partial charge in [0, 0.05) is 5.41 Å². The summed E-state index contributed by atoms with van der Waals surface area (Å²) in [7, 11) is 0. The molecule has 1 aliphatic rings. The molecule has 0 amide bonds. The fourth-order valence-electron chi connectivity index (χ4n) is 3.74. The van der Waals surface area contributed by atoms with Crippen LogP contribution in [-0.4, -0.2) is 21.0 Å². The predicted octanol–water partition coefficient (Wildman–Crippen LogP) is 4.58. The van der Waals surface area contributed by atoms with Crippen LogP contribution in [0.2, 0.25) is 0 Å². The Hall–Kier alpha value is -2.72. The van der Waals surface area contributed by atoms with E-state index in [1.165, 1.54) is 17.7 Å². The van der Waals surface area contributed by atoms with Gasteiger partial charge in [-0.3, -0.25) is 0 Å². The van der Waals surface area contributed by atoms with Gasteiger partial charge in [-0.15, -0.1) is 0 Å². The molecule has 0 saturated heterocycles. The molecule has 3 nitrogen and oxygen atoms in total. The number of fused-ring (bicyclic) bond motifs is 1. The highest BCUT2D eigenvalue weighted by molar-refractivity contribution is 5.57. The summed E-state index contributed by atoms with van der Waals surface area (Å²) in [6.45, 7) is 2.09. The second-order valence-electron chi connectivity index (χ2n) is 7.50. The number of halogens is 1. The van der Waals surface area contributed by atoms with Crippen molar-refractivity contribution in [3.05, 3.63) is 89.5 Å². The fourth-order valence-corrected chi connectivity index (χ4v) is 3.74. The minimum Gasteiger partial charge on any atom is -0.392 e. The van der Waals surface area contributed by atoms with Gasteiger partial charge in [-0.1, -0.05) is 43.3 Å². The lowest BCUT2D eigenvalue weighted by atomic mass is 9.74. The van der Waals surface area contributed by atoms with Crippen molar-refractivity contribution in [2.75, 3.05) is 0 Å². The smallest absolute Gasteiger partial charge is 0.123 e. The maximum atomic E-state index is 13.2. The first-order valence-corrected chi connectivity index (χ1v) is 9.29. The first-order valence-electron chi connectivity index (χ1n) is 9.29. The molecule has 3 aromatic rings. The molecule has 0 bridgehead atoms. The standard InChI is InChI=1S/C23H23FN2O/c1-23(22(27)12-7-17-5-3-2-4-6-17)14-13-21-18(15-23)16-25-26(21)20-10-8-19(24)9-11-20/h2-6,8-11,13-14,16,22,27H,7,12,15H2,1H3. The third kappa shape index (κ3) is 3.58. The summed E-state index contributed by atoms with van der Waals surface area (Å²) in [6.07, 6.45) is 7.84. The van der Waals surface area contributed by atoms with Crippen LogP contribution < -0.4 is 0 Å². The molecule has 0 fully saturated rings. The van der Waals surface area contributed by atoms with E-state index in [0.717, 1.165) is 29.8 Å². The largest absolute Gasteiger partial charge is 0.392 e. The molecule has 2 unspecified atom stereocenters. The van der Waals surface area contributed by atoms with Gasteiger partial charge in [0.05, 0.1) is 23.7 Å². The number of aliphatic hydroxyl groups excluding tert-OH is 1. The minimum absolute atomic E-state index is 0.260. The van der Waals surface area contributed by atoms with Gasteiger partial charge < -0.3 is 5.11 Å². The molecule has 0 spiro atoms. The molecule has 4 heteroatoms. The number of benzene rings is 2. The van der Waals surface area contributed by atoms with Crippen LogP contribution >= 0.6 is 0 Å². The van der Waals surface area contributed by atoms with Crippen molar-refractivity contribution < 1.29 is 9.50 Å². The van der Waals surface area contributed by atoms with Crippen molar-refractivity contribution in [2.24, 2.45) is 5.41 Å². The molecule has 0 radical (unpaired) electrons. The predicted molar refractivity (Wildman–Crippen MR) is 105 cm³/mol. The molecule has 1 heterocycles. The number of rotatable bonds is 5. The average molecular weight is 362 g/mol. The second kappa shape index (κ2) is 7.12. The van der Waals surface area contributed by atoms with Crippen LogP contribution in [-0.2, 0) is 12.8 Å². The van der Waals surface area contributed by atoms with Crippen molar-refractivity contribution in [3.63, 3.8) is 0 Å². The van der Waals surface area contributed by atoms with E-state index in [1.54, 1.807) is 12.1 Å². The molecule has 0 aliphatic heterocycles. The third-order valence-corrected chi connectivity index (χ3v) is 5.46. The summed E-state index contributed by atoms with van der Waals surface area (Å²) < 4.78 is 15.0. The number of aromatic nitrogens is 2. The molecule has 4 rings (SSSR count). The SMILES string of the molecule is CC1(C(O)CCc2ccccc2)C=Cc2c(cnn2-c2ccc(F)cc2)C1. The summed E-state index contributed by atoms with van der Waals surface area (Å²) in [4.78, 5) is 0. The number of aliphatic hydroxyl groups is 1. The van der Waals surface area contributed by atoms with E-state index < -0.39 is 6.10 Å². The van der Waals surface area contributed by atoms with E-state index in [-0.39, 0.29) is 11.2 Å². The quantitative estimate of drug-likeness (QED) is 0.721. The Kier molecular flexibility index (Phi) is 4.66. The molecule has 1 aliphatic carbocycles. The van der Waals surface area contributed by atoms with Crippen molar-refractivity contribution in [3.8, 4) is 5.69 Å². The zero-order valence-electron chi connectivity index (χ0n) is 15.3. The van der Waals surface area contributed by atoms with Crippen molar-refractivity contribution in [1.29, 1.82) is 0 Å². The van der Waals surface area contributed by atoms with Crippen LogP contribution in [0.3, 0.4) is 0 Å². The number of hydrogen-bond donors (Lipinski definition) is 1. The highest BCUT2D eigenvalue weighted by Crippen LogP contribution is 2.37. The molecule has 138 valence electrons. The van der Waals surface area contributed by atoms with Crippen LogP contribution in [0, 0.1) is 11.2 Å². The van der Waals surface area contributed by atoms with Gasteiger partial charge in [0.1, 0.15) is 5.82 Å². The molecule has 0 saturated carbocycles. The Morgan fingerprint density at radius 3 is 2.63 bits per heavy atom. The summed E-state index contributed by atoms with van der Waals surface area (Å²) in [5.74, 6) is -0.260. The lowest BCUT2D eigenvalue weighted by molar-refractivity contribution is 0.0625. The topological polar surface area (TPSA) is 38.1 Å². The van der Waals surface area contributed by atoms with Gasteiger partial charge in [0.25, 0.3) is 0 Å². The van der Waals surface area contributed by atoms with Crippen LogP contribution in [0.5, 0.6) is 0 Å². The Morgan fingerprint density at radius 1 is 1.15 bits per heavy atom. The molecule has 27 heavy (non-hydrogen) atoms. The van der Waals surface area contributed by atoms with Crippen molar-refractivity contribution >= 4 is 6.08 Å². The maximum absolute atomic E-state index is 13.2. The first kappa shape index (κ1) is 17.7. The first-order chi connectivity index (χ1) is 13.0. The molecule has 2 atom stereocenters. The highest BCUT2D eigenvalue weighted by Gasteiger charge is 2.34. The number of aryl methyl sites for hydroxylation is 1. The maximum Gasteiger partial charge on any atom is 0.123 e. The molecule has 1 N–H and O–H groups in total. The van der Waals surface area contributed by atoms with E-state index >= 15 is 0 Å². The van der Waals surface area contributed by atoms with Gasteiger partial charge in [-0.2, -0.15) is 5.10 Å². The summed E-state index contributed by atoms with van der Waals surface area (Å²) in [5.41, 5.74) is 3.84. The Balaban J connectivity index is 1.51. The Morgan fingerprint density at radius 2 is 1.89 bits per heavy atom. The van der Waals surface area contributed by atoms with E-state index in [4.69, 9.17) is 0 Å². The molecular formula is C23H23FN2O. The normalized spacial score (nSPS) is 19.7. The summed E-state index contributed by atoms with van der Waals surface area (Å²) in [6, 6.07) is 16.6. The van der Waals surface area contributed by atoms with Crippen LogP contribution in [0.1, 0.15) is 30.2 Å². The second-order valence-corrected chi connectivity index (χ2v) is 7.50. The number of hydrogen-bond acceptors (Lipinski definition) is 2.